The summed E-state index contributed by atoms with van der Waals surface area (Å²) in [4.78, 5) is 14.6. The molecule has 0 atom stereocenters. The van der Waals surface area contributed by atoms with Crippen LogP contribution in [0.5, 0.6) is 17.2 Å². The Balaban J connectivity index is 2.46. The number of amides is 1. The first-order chi connectivity index (χ1) is 11.2. The van der Waals surface area contributed by atoms with Crippen molar-refractivity contribution in [2.24, 2.45) is 0 Å². The van der Waals surface area contributed by atoms with Crippen molar-refractivity contribution in [2.75, 3.05) is 32.8 Å². The molecule has 2 aromatic carbocycles. The molecule has 122 valence electrons. The SMILES string of the molecule is CCN(C(=O)c1cc(OC)c(OC)c(OC)c1)c1ccccc1. The topological polar surface area (TPSA) is 48.0 Å². The van der Waals surface area contributed by atoms with Crippen LogP contribution < -0.4 is 19.1 Å². The Morgan fingerprint density at radius 2 is 1.52 bits per heavy atom. The molecule has 0 N–H and O–H groups in total. The molecule has 0 aromatic heterocycles. The van der Waals surface area contributed by atoms with Crippen LogP contribution in [-0.4, -0.2) is 33.8 Å². The fourth-order valence-electron chi connectivity index (χ4n) is 2.41. The Kier molecular flexibility index (Phi) is 5.46. The predicted molar refractivity (Wildman–Crippen MR) is 89.9 cm³/mol. The molecule has 0 aliphatic heterocycles. The van der Waals surface area contributed by atoms with Crippen LogP contribution in [0.2, 0.25) is 0 Å². The summed E-state index contributed by atoms with van der Waals surface area (Å²) in [6.07, 6.45) is 0. The fraction of sp³-hybridized carbons (Fsp3) is 0.278. The Morgan fingerprint density at radius 1 is 0.957 bits per heavy atom. The van der Waals surface area contributed by atoms with E-state index in [1.54, 1.807) is 17.0 Å². The van der Waals surface area contributed by atoms with Gasteiger partial charge in [0.25, 0.3) is 5.91 Å². The van der Waals surface area contributed by atoms with Crippen LogP contribution in [0.1, 0.15) is 17.3 Å². The number of anilines is 1. The van der Waals surface area contributed by atoms with Crippen molar-refractivity contribution in [2.45, 2.75) is 6.92 Å². The van der Waals surface area contributed by atoms with Gasteiger partial charge in [-0.2, -0.15) is 0 Å². The molecule has 5 heteroatoms. The minimum Gasteiger partial charge on any atom is -0.493 e. The highest BCUT2D eigenvalue weighted by molar-refractivity contribution is 6.06. The van der Waals surface area contributed by atoms with Crippen LogP contribution in [0.3, 0.4) is 0 Å². The molecule has 1 amide bonds. The molecule has 0 aliphatic carbocycles. The molecular formula is C18H21NO4. The molecular weight excluding hydrogens is 294 g/mol. The fourth-order valence-corrected chi connectivity index (χ4v) is 2.41. The molecule has 0 saturated carbocycles. The van der Waals surface area contributed by atoms with Crippen molar-refractivity contribution in [1.82, 2.24) is 0 Å². The second-order valence-corrected chi connectivity index (χ2v) is 4.80. The zero-order valence-corrected chi connectivity index (χ0v) is 13.8. The zero-order valence-electron chi connectivity index (χ0n) is 13.8. The summed E-state index contributed by atoms with van der Waals surface area (Å²) in [5.41, 5.74) is 1.32. The average Bonchev–Trinajstić information content (AvgIpc) is 2.61. The lowest BCUT2D eigenvalue weighted by Gasteiger charge is -2.22. The number of para-hydroxylation sites is 1. The van der Waals surface area contributed by atoms with E-state index < -0.39 is 0 Å². The largest absolute Gasteiger partial charge is 0.493 e. The lowest BCUT2D eigenvalue weighted by atomic mass is 10.1. The number of carbonyl (C=O) groups excluding carboxylic acids is 1. The maximum atomic E-state index is 12.9. The van der Waals surface area contributed by atoms with Crippen LogP contribution in [0, 0.1) is 0 Å². The van der Waals surface area contributed by atoms with Gasteiger partial charge in [-0.3, -0.25) is 4.79 Å². The highest BCUT2D eigenvalue weighted by atomic mass is 16.5. The first-order valence-electron chi connectivity index (χ1n) is 7.33. The second kappa shape index (κ2) is 7.54. The van der Waals surface area contributed by atoms with E-state index in [1.165, 1.54) is 21.3 Å². The summed E-state index contributed by atoms with van der Waals surface area (Å²) < 4.78 is 15.9. The van der Waals surface area contributed by atoms with Crippen LogP contribution >= 0.6 is 0 Å². The molecule has 0 aliphatic rings. The average molecular weight is 315 g/mol. The van der Waals surface area contributed by atoms with Gasteiger partial charge in [0.1, 0.15) is 0 Å². The third-order valence-electron chi connectivity index (χ3n) is 3.54. The molecule has 0 heterocycles. The number of nitrogens with zero attached hydrogens (tertiary/aromatic N) is 1. The van der Waals surface area contributed by atoms with Crippen molar-refractivity contribution in [3.63, 3.8) is 0 Å². The molecule has 0 spiro atoms. The van der Waals surface area contributed by atoms with E-state index in [1.807, 2.05) is 37.3 Å². The number of rotatable bonds is 6. The monoisotopic (exact) mass is 315 g/mol. The van der Waals surface area contributed by atoms with E-state index in [2.05, 4.69) is 0 Å². The van der Waals surface area contributed by atoms with Crippen LogP contribution in [0.25, 0.3) is 0 Å². The summed E-state index contributed by atoms with van der Waals surface area (Å²) in [5.74, 6) is 1.26. The third kappa shape index (κ3) is 3.39. The van der Waals surface area contributed by atoms with Gasteiger partial charge in [0.2, 0.25) is 5.75 Å². The first kappa shape index (κ1) is 16.7. The number of methoxy groups -OCH3 is 3. The van der Waals surface area contributed by atoms with Gasteiger partial charge in [-0.1, -0.05) is 18.2 Å². The molecule has 0 fully saturated rings. The number of hydrogen-bond acceptors (Lipinski definition) is 4. The summed E-state index contributed by atoms with van der Waals surface area (Å²) in [6, 6.07) is 12.9. The van der Waals surface area contributed by atoms with Gasteiger partial charge in [-0.05, 0) is 31.2 Å². The molecule has 23 heavy (non-hydrogen) atoms. The van der Waals surface area contributed by atoms with Gasteiger partial charge in [-0.15, -0.1) is 0 Å². The van der Waals surface area contributed by atoms with Crippen molar-refractivity contribution >= 4 is 11.6 Å². The Bertz CT molecular complexity index is 645. The minimum absolute atomic E-state index is 0.127. The maximum absolute atomic E-state index is 12.9. The van der Waals surface area contributed by atoms with E-state index in [0.29, 0.717) is 29.4 Å². The molecule has 0 unspecified atom stereocenters. The van der Waals surface area contributed by atoms with Gasteiger partial charge < -0.3 is 19.1 Å². The van der Waals surface area contributed by atoms with Gasteiger partial charge in [0, 0.05) is 17.8 Å². The Morgan fingerprint density at radius 3 is 1.96 bits per heavy atom. The molecule has 0 radical (unpaired) electrons. The lowest BCUT2D eigenvalue weighted by molar-refractivity contribution is 0.0987. The van der Waals surface area contributed by atoms with E-state index in [-0.39, 0.29) is 5.91 Å². The van der Waals surface area contributed by atoms with E-state index in [0.717, 1.165) is 5.69 Å². The molecule has 0 saturated heterocycles. The molecule has 5 nitrogen and oxygen atoms in total. The van der Waals surface area contributed by atoms with Crippen LogP contribution in [-0.2, 0) is 0 Å². The van der Waals surface area contributed by atoms with Crippen molar-refractivity contribution < 1.29 is 19.0 Å². The van der Waals surface area contributed by atoms with Crippen molar-refractivity contribution in [3.05, 3.63) is 48.0 Å². The van der Waals surface area contributed by atoms with Gasteiger partial charge in [0.05, 0.1) is 21.3 Å². The maximum Gasteiger partial charge on any atom is 0.258 e. The van der Waals surface area contributed by atoms with E-state index >= 15 is 0 Å². The zero-order chi connectivity index (χ0) is 16.8. The van der Waals surface area contributed by atoms with Crippen LogP contribution in [0.15, 0.2) is 42.5 Å². The Hall–Kier alpha value is -2.69. The molecule has 2 rings (SSSR count). The van der Waals surface area contributed by atoms with E-state index in [9.17, 15) is 4.79 Å². The standard InChI is InChI=1S/C18H21NO4/c1-5-19(14-9-7-6-8-10-14)18(20)13-11-15(21-2)17(23-4)16(12-13)22-3/h6-12H,5H2,1-4H3. The van der Waals surface area contributed by atoms with Crippen molar-refractivity contribution in [1.29, 1.82) is 0 Å². The summed E-state index contributed by atoms with van der Waals surface area (Å²) in [6.45, 7) is 2.49. The second-order valence-electron chi connectivity index (χ2n) is 4.80. The highest BCUT2D eigenvalue weighted by Crippen LogP contribution is 2.38. The summed E-state index contributed by atoms with van der Waals surface area (Å²) in [5, 5.41) is 0. The predicted octanol–water partition coefficient (Wildman–Crippen LogP) is 3.38. The normalized spacial score (nSPS) is 10.1. The number of ether oxygens (including phenoxy) is 3. The van der Waals surface area contributed by atoms with Gasteiger partial charge in [0.15, 0.2) is 11.5 Å². The third-order valence-corrected chi connectivity index (χ3v) is 3.54. The van der Waals surface area contributed by atoms with E-state index in [4.69, 9.17) is 14.2 Å². The quantitative estimate of drug-likeness (QED) is 0.820. The number of benzene rings is 2. The molecule has 0 bridgehead atoms. The molecule has 2 aromatic rings. The summed E-state index contributed by atoms with van der Waals surface area (Å²) in [7, 11) is 4.59. The van der Waals surface area contributed by atoms with Gasteiger partial charge in [-0.25, -0.2) is 0 Å². The van der Waals surface area contributed by atoms with Gasteiger partial charge >= 0.3 is 0 Å². The van der Waals surface area contributed by atoms with Crippen molar-refractivity contribution in [3.8, 4) is 17.2 Å². The summed E-state index contributed by atoms with van der Waals surface area (Å²) >= 11 is 0. The first-order valence-corrected chi connectivity index (χ1v) is 7.33. The number of hydrogen-bond donors (Lipinski definition) is 0. The highest BCUT2D eigenvalue weighted by Gasteiger charge is 2.21. The minimum atomic E-state index is -0.127. The number of carbonyl (C=O) groups is 1. The smallest absolute Gasteiger partial charge is 0.258 e. The Labute approximate surface area is 136 Å². The lowest BCUT2D eigenvalue weighted by Crippen LogP contribution is -2.30. The van der Waals surface area contributed by atoms with Crippen LogP contribution in [0.4, 0.5) is 5.69 Å².